The molecule has 0 aliphatic heterocycles. The van der Waals surface area contributed by atoms with Gasteiger partial charge in [-0.3, -0.25) is 9.59 Å². The van der Waals surface area contributed by atoms with Crippen LogP contribution in [0.25, 0.3) is 0 Å². The fourth-order valence-electron chi connectivity index (χ4n) is 3.84. The molecule has 0 aliphatic rings. The lowest BCUT2D eigenvalue weighted by Crippen LogP contribution is -2.20. The summed E-state index contributed by atoms with van der Waals surface area (Å²) in [7, 11) is 1.61. The van der Waals surface area contributed by atoms with Gasteiger partial charge in [0.05, 0.1) is 18.4 Å². The van der Waals surface area contributed by atoms with Crippen LogP contribution < -0.4 is 10.1 Å². The second-order valence-electron chi connectivity index (χ2n) is 8.42. The number of benzene rings is 2. The molecule has 0 saturated heterocycles. The Hall–Kier alpha value is -4.34. The monoisotopic (exact) mass is 528 g/mol. The Bertz CT molecular complexity index is 1340. The van der Waals surface area contributed by atoms with E-state index in [1.54, 1.807) is 19.2 Å². The molecule has 0 saturated carbocycles. The van der Waals surface area contributed by atoms with Gasteiger partial charge in [0.1, 0.15) is 5.75 Å². The first-order chi connectivity index (χ1) is 18.0. The molecular weight excluding hydrogens is 501 g/mol. The number of hydrogen-bond acceptors (Lipinski definition) is 6. The van der Waals surface area contributed by atoms with Gasteiger partial charge in [-0.05, 0) is 56.2 Å². The third-order valence-electron chi connectivity index (χ3n) is 5.89. The summed E-state index contributed by atoms with van der Waals surface area (Å²) < 4.78 is 49.5. The minimum absolute atomic E-state index is 0.00521. The molecule has 7 nitrogen and oxygen atoms in total. The van der Waals surface area contributed by atoms with Crippen LogP contribution >= 0.6 is 0 Å². The van der Waals surface area contributed by atoms with Crippen molar-refractivity contribution >= 4 is 23.2 Å². The predicted octanol–water partition coefficient (Wildman–Crippen LogP) is 5.45. The predicted molar refractivity (Wildman–Crippen MR) is 135 cm³/mol. The normalized spacial score (nSPS) is 11.4. The van der Waals surface area contributed by atoms with E-state index in [0.717, 1.165) is 35.3 Å². The van der Waals surface area contributed by atoms with Gasteiger partial charge in [-0.1, -0.05) is 24.3 Å². The molecule has 3 rings (SSSR count). The number of halogens is 3. The zero-order valence-corrected chi connectivity index (χ0v) is 21.1. The highest BCUT2D eigenvalue weighted by Gasteiger charge is 2.36. The molecule has 2 aromatic carbocycles. The van der Waals surface area contributed by atoms with E-state index >= 15 is 0 Å². The Labute approximate surface area is 217 Å². The molecule has 1 N–H and O–H groups in total. The van der Waals surface area contributed by atoms with Gasteiger partial charge in [0.25, 0.3) is 5.78 Å². The van der Waals surface area contributed by atoms with E-state index in [4.69, 9.17) is 9.47 Å². The fraction of sp³-hybridized carbons (Fsp3) is 0.250. The number of allylic oxidation sites excluding steroid dienone is 1. The number of para-hydroxylation sites is 1. The summed E-state index contributed by atoms with van der Waals surface area (Å²) in [5.41, 5.74) is 3.30. The van der Waals surface area contributed by atoms with Gasteiger partial charge in [0.15, 0.2) is 6.61 Å². The molecule has 0 radical (unpaired) electrons. The van der Waals surface area contributed by atoms with Gasteiger partial charge in [0, 0.05) is 35.8 Å². The summed E-state index contributed by atoms with van der Waals surface area (Å²) in [5, 5.41) is 2.47. The van der Waals surface area contributed by atoms with E-state index < -0.39 is 24.5 Å². The van der Waals surface area contributed by atoms with Gasteiger partial charge in [-0.25, -0.2) is 4.79 Å². The number of nitrogens with zero attached hydrogens (tertiary/aromatic N) is 1. The third kappa shape index (κ3) is 7.12. The Morgan fingerprint density at radius 3 is 2.34 bits per heavy atom. The van der Waals surface area contributed by atoms with E-state index in [2.05, 4.69) is 5.32 Å². The van der Waals surface area contributed by atoms with Crippen LogP contribution in [0, 0.1) is 13.8 Å². The molecule has 1 heterocycles. The Morgan fingerprint density at radius 2 is 1.68 bits per heavy atom. The number of carbonyl (C=O) groups is 3. The average Bonchev–Trinajstić information content (AvgIpc) is 3.18. The molecule has 0 atom stereocenters. The van der Waals surface area contributed by atoms with Crippen molar-refractivity contribution in [3.63, 3.8) is 0 Å². The van der Waals surface area contributed by atoms with Crippen molar-refractivity contribution in [2.75, 3.05) is 19.0 Å². The highest BCUT2D eigenvalue weighted by atomic mass is 19.4. The van der Waals surface area contributed by atoms with Crippen molar-refractivity contribution in [1.82, 2.24) is 4.57 Å². The van der Waals surface area contributed by atoms with Crippen LogP contribution in [0.2, 0.25) is 0 Å². The molecule has 0 fully saturated rings. The molecule has 0 amide bonds. The third-order valence-corrected chi connectivity index (χ3v) is 5.89. The second kappa shape index (κ2) is 12.3. The minimum Gasteiger partial charge on any atom is -0.497 e. The Balaban J connectivity index is 1.62. The van der Waals surface area contributed by atoms with Gasteiger partial charge in [-0.2, -0.15) is 13.2 Å². The van der Waals surface area contributed by atoms with Gasteiger partial charge < -0.3 is 19.4 Å². The summed E-state index contributed by atoms with van der Waals surface area (Å²) in [6.07, 6.45) is -3.15. The second-order valence-corrected chi connectivity index (χ2v) is 8.42. The number of anilines is 1. The first-order valence-electron chi connectivity index (χ1n) is 11.6. The number of alkyl halides is 3. The number of ketones is 2. The van der Waals surface area contributed by atoms with Crippen molar-refractivity contribution in [3.8, 4) is 5.75 Å². The number of methoxy groups -OCH3 is 1. The van der Waals surface area contributed by atoms with Crippen LogP contribution in [-0.2, 0) is 22.5 Å². The van der Waals surface area contributed by atoms with Crippen LogP contribution in [-0.4, -0.2) is 42.0 Å². The Morgan fingerprint density at radius 1 is 1.00 bits per heavy atom. The summed E-state index contributed by atoms with van der Waals surface area (Å²) in [6.45, 7) is 3.85. The molecule has 0 bridgehead atoms. The van der Waals surface area contributed by atoms with E-state index in [0.29, 0.717) is 18.2 Å². The maximum atomic E-state index is 12.9. The van der Waals surface area contributed by atoms with E-state index in [1.807, 2.05) is 42.7 Å². The molecule has 3 aromatic rings. The molecule has 0 spiro atoms. The number of carbonyl (C=O) groups excluding carboxylic acids is 3. The summed E-state index contributed by atoms with van der Waals surface area (Å²) in [4.78, 5) is 36.5. The quantitative estimate of drug-likeness (QED) is 0.202. The maximum absolute atomic E-state index is 12.9. The smallest absolute Gasteiger partial charge is 0.454 e. The molecule has 38 heavy (non-hydrogen) atoms. The van der Waals surface area contributed by atoms with Crippen LogP contribution in [0.15, 0.2) is 66.9 Å². The number of aromatic nitrogens is 1. The molecule has 200 valence electrons. The lowest BCUT2D eigenvalue weighted by molar-refractivity contribution is -0.165. The zero-order valence-electron chi connectivity index (χ0n) is 21.1. The number of esters is 1. The van der Waals surface area contributed by atoms with Crippen molar-refractivity contribution in [2.45, 2.75) is 33.0 Å². The molecule has 1 aromatic heterocycles. The molecule has 0 unspecified atom stereocenters. The van der Waals surface area contributed by atoms with Crippen LogP contribution in [0.3, 0.4) is 0 Å². The van der Waals surface area contributed by atoms with Crippen LogP contribution in [0.4, 0.5) is 18.9 Å². The topological polar surface area (TPSA) is 86.6 Å². The number of nitrogens with one attached hydrogen (secondary N) is 1. The van der Waals surface area contributed by atoms with E-state index in [9.17, 15) is 27.6 Å². The standard InChI is InChI=1S/C28H27F3N2O5/c1-18-16-23(19(2)33(18)15-13-20-8-10-21(37-3)11-9-20)25(34)17-38-27(36)22-6-4-5-7-24(22)32-14-12-26(35)28(29,30)31/h4-12,14,16,32H,13,15,17H2,1-3H3. The van der Waals surface area contributed by atoms with Crippen molar-refractivity contribution in [1.29, 1.82) is 0 Å². The van der Waals surface area contributed by atoms with Crippen molar-refractivity contribution < 1.29 is 37.0 Å². The number of aryl methyl sites for hydroxylation is 2. The van der Waals surface area contributed by atoms with Crippen molar-refractivity contribution in [2.24, 2.45) is 0 Å². The van der Waals surface area contributed by atoms with Crippen molar-refractivity contribution in [3.05, 3.63) is 95.0 Å². The molecular formula is C28H27F3N2O5. The summed E-state index contributed by atoms with van der Waals surface area (Å²) in [6, 6.07) is 15.4. The van der Waals surface area contributed by atoms with Crippen LogP contribution in [0.5, 0.6) is 5.75 Å². The first kappa shape index (κ1) is 28.2. The average molecular weight is 529 g/mol. The number of ether oxygens (including phenoxy) is 2. The van der Waals surface area contributed by atoms with Gasteiger partial charge >= 0.3 is 12.1 Å². The lowest BCUT2D eigenvalue weighted by atomic mass is 10.1. The van der Waals surface area contributed by atoms with Crippen LogP contribution in [0.1, 0.15) is 37.7 Å². The largest absolute Gasteiger partial charge is 0.497 e. The molecule has 0 aliphatic carbocycles. The first-order valence-corrected chi connectivity index (χ1v) is 11.6. The summed E-state index contributed by atoms with van der Waals surface area (Å²) in [5.74, 6) is -2.50. The highest BCUT2D eigenvalue weighted by Crippen LogP contribution is 2.21. The number of Topliss-reactive ketones (excluding diaryl/α,β-unsaturated/α-hetero) is 1. The fourth-order valence-corrected chi connectivity index (χ4v) is 3.84. The lowest BCUT2D eigenvalue weighted by Gasteiger charge is -2.11. The SMILES string of the molecule is COc1ccc(CCn2c(C)cc(C(=O)COC(=O)c3ccccc3NC=CC(=O)C(F)(F)F)c2C)cc1. The zero-order chi connectivity index (χ0) is 27.9. The summed E-state index contributed by atoms with van der Waals surface area (Å²) >= 11 is 0. The molecule has 10 heteroatoms. The van der Waals surface area contributed by atoms with Gasteiger partial charge in [0.2, 0.25) is 5.78 Å². The number of rotatable bonds is 11. The van der Waals surface area contributed by atoms with E-state index in [1.165, 1.54) is 18.2 Å². The Kier molecular flexibility index (Phi) is 9.11. The minimum atomic E-state index is -5.00. The number of hydrogen-bond donors (Lipinski definition) is 1. The van der Waals surface area contributed by atoms with E-state index in [-0.39, 0.29) is 17.0 Å². The van der Waals surface area contributed by atoms with Gasteiger partial charge in [-0.15, -0.1) is 0 Å². The maximum Gasteiger partial charge on any atom is 0.454 e. The highest BCUT2D eigenvalue weighted by molar-refractivity contribution is 6.02.